The average Bonchev–Trinajstić information content (AvgIpc) is 2.14. The fourth-order valence-corrected chi connectivity index (χ4v) is 0. The second kappa shape index (κ2) is 49.7. The second-order valence-corrected chi connectivity index (χ2v) is 12.8. The quantitative estimate of drug-likeness (QED) is 0.102. The van der Waals surface area contributed by atoms with E-state index in [2.05, 4.69) is 0 Å². The van der Waals surface area contributed by atoms with E-state index in [0.29, 0.717) is 0 Å². The molecule has 0 fully saturated rings. The predicted octanol–water partition coefficient (Wildman–Crippen LogP) is -4.53. The molecular weight excluding hydrogens is 1140 g/mol. The van der Waals surface area contributed by atoms with E-state index in [1.165, 1.54) is 0 Å². The molecule has 0 aromatic carbocycles. The maximum absolute atomic E-state index is 8.85. The number of hydrogen-bond acceptors (Lipinski definition) is 24. The molecule has 0 spiro atoms. The summed E-state index contributed by atoms with van der Waals surface area (Å²) in [4.78, 5) is 0. The zero-order valence-corrected chi connectivity index (χ0v) is 31.2. The predicted molar refractivity (Wildman–Crippen MR) is 55.8 cm³/mol. The third kappa shape index (κ3) is 81400. The Labute approximate surface area is 236 Å². The molecular formula is H24Mo7N6O24. The van der Waals surface area contributed by atoms with E-state index in [9.17, 15) is 0 Å². The summed E-state index contributed by atoms with van der Waals surface area (Å²) in [5, 5.41) is 0. The van der Waals surface area contributed by atoms with E-state index < -0.39 is 119 Å². The van der Waals surface area contributed by atoms with Gasteiger partial charge in [-0.25, -0.2) is 0 Å². The van der Waals surface area contributed by atoms with Gasteiger partial charge in [0.25, 0.3) is 0 Å². The van der Waals surface area contributed by atoms with Gasteiger partial charge >= 0.3 is 203 Å². The van der Waals surface area contributed by atoms with Crippen LogP contribution in [0.15, 0.2) is 0 Å². The van der Waals surface area contributed by atoms with Gasteiger partial charge < -0.3 is 36.9 Å². The van der Waals surface area contributed by atoms with Crippen molar-refractivity contribution in [3.63, 3.8) is 0 Å². The maximum atomic E-state index is 8.85. The molecule has 0 amide bonds. The molecule has 37 heavy (non-hydrogen) atoms. The molecule has 0 bridgehead atoms. The van der Waals surface area contributed by atoms with Crippen molar-refractivity contribution < 1.29 is 203 Å². The summed E-state index contributed by atoms with van der Waals surface area (Å²) in [6.45, 7) is 0. The van der Waals surface area contributed by atoms with Crippen molar-refractivity contribution in [2.24, 2.45) is 0 Å². The summed E-state index contributed by atoms with van der Waals surface area (Å²) >= 11 is -33.0. The van der Waals surface area contributed by atoms with Crippen molar-refractivity contribution in [3.05, 3.63) is 0 Å². The first-order valence-electron chi connectivity index (χ1n) is 4.10. The Morgan fingerprint density at radius 3 is 0.270 bits per heavy atom. The summed E-state index contributed by atoms with van der Waals surface area (Å²) in [7, 11) is 0. The Morgan fingerprint density at radius 2 is 0.270 bits per heavy atom. The van der Waals surface area contributed by atoms with E-state index >= 15 is 0 Å². The molecule has 0 saturated heterocycles. The van der Waals surface area contributed by atoms with E-state index in [1.807, 2.05) is 0 Å². The summed E-state index contributed by atoms with van der Waals surface area (Å²) in [6.07, 6.45) is 0. The van der Waals surface area contributed by atoms with Crippen LogP contribution < -0.4 is 36.9 Å². The van der Waals surface area contributed by atoms with Gasteiger partial charge in [-0.05, 0) is 0 Å². The minimum absolute atomic E-state index is 0. The van der Waals surface area contributed by atoms with Crippen molar-refractivity contribution in [3.8, 4) is 0 Å². The molecule has 240 valence electrons. The first kappa shape index (κ1) is 83.2. The Hall–Kier alpha value is 0.738. The van der Waals surface area contributed by atoms with Crippen molar-refractivity contribution in [2.75, 3.05) is 0 Å². The summed E-state index contributed by atoms with van der Waals surface area (Å²) in [6, 6.07) is 0. The van der Waals surface area contributed by atoms with Crippen molar-refractivity contribution in [1.29, 1.82) is 0 Å². The van der Waals surface area contributed by atoms with Crippen LogP contribution in [0.3, 0.4) is 0 Å². The summed E-state index contributed by atoms with van der Waals surface area (Å²) in [5.41, 5.74) is 0. The van der Waals surface area contributed by atoms with Gasteiger partial charge in [0, 0.05) is 0 Å². The molecule has 0 aromatic heterocycles. The van der Waals surface area contributed by atoms with Gasteiger partial charge in [-0.15, -0.1) is 0 Å². The molecule has 24 N–H and O–H groups in total. The van der Waals surface area contributed by atoms with Crippen LogP contribution in [-0.4, -0.2) is 22.6 Å². The van der Waals surface area contributed by atoms with Crippen LogP contribution in [0.2, 0.25) is 0 Å². The van der Waals surface area contributed by atoms with E-state index in [0.717, 1.165) is 0 Å². The van der Waals surface area contributed by atoms with Gasteiger partial charge in [-0.1, -0.05) is 0 Å². The first-order valence-corrected chi connectivity index (χ1v) is 24.2. The summed E-state index contributed by atoms with van der Waals surface area (Å²) in [5.74, 6) is 0. The van der Waals surface area contributed by atoms with E-state index in [1.54, 1.807) is 0 Å². The molecule has 0 rings (SSSR count). The Morgan fingerprint density at radius 1 is 0.270 bits per heavy atom. The van der Waals surface area contributed by atoms with E-state index in [4.69, 9.17) is 83.7 Å². The van der Waals surface area contributed by atoms with Gasteiger partial charge in [0.15, 0.2) is 0 Å². The molecule has 0 aromatic rings. The normalized spacial score (nSPS) is 7.30. The molecule has 0 aliphatic rings. The summed E-state index contributed by atoms with van der Waals surface area (Å²) < 4.78 is 199. The average molecular weight is 1160 g/mol. The number of rotatable bonds is 0. The van der Waals surface area contributed by atoms with Gasteiger partial charge in [-0.3, -0.25) is 0 Å². The van der Waals surface area contributed by atoms with Crippen LogP contribution >= 0.6 is 0 Å². The first-order chi connectivity index (χ1) is 12.9. The number of hydrogen-bond donors (Lipinski definition) is 12. The van der Waals surface area contributed by atoms with Gasteiger partial charge in [0.1, 0.15) is 0 Å². The van der Waals surface area contributed by atoms with Gasteiger partial charge in [-0.2, -0.15) is 0 Å². The Kier molecular flexibility index (Phi) is 112. The Bertz CT molecular complexity index is 973. The van der Waals surface area contributed by atoms with Crippen LogP contribution in [0.25, 0.3) is 0 Å². The molecule has 30 nitrogen and oxygen atoms in total. The van der Waals surface area contributed by atoms with Crippen molar-refractivity contribution >= 4 is 0 Å². The zero-order chi connectivity index (χ0) is 27.8. The molecule has 0 saturated carbocycles. The zero-order valence-electron chi connectivity index (χ0n) is 17.1. The molecule has 0 atom stereocenters. The van der Waals surface area contributed by atoms with Gasteiger partial charge in [0.05, 0.1) is 0 Å². The standard InChI is InChI=1S/7Mo.6H3N.6H2O.18O/h;;;;;;;6*1H3;6*1H2;;;;;;;;;;;;;;;;;;/q;;;;3*+2;;;;;;;;;;;;;;;;;;;;;;;;;;;;;;/p-6. The van der Waals surface area contributed by atoms with Gasteiger partial charge in [0.2, 0.25) is 0 Å². The fourth-order valence-electron chi connectivity index (χ4n) is 0. The van der Waals surface area contributed by atoms with Crippen LogP contribution in [0, 0.1) is 0 Å². The monoisotopic (exact) mass is 1180 g/mol. The second-order valence-electron chi connectivity index (χ2n) is 2.16. The molecule has 0 radical (unpaired) electrons. The molecule has 0 aliphatic heterocycles. The topological polar surface area (TPSA) is 639 Å². The minimum atomic E-state index is -5.52. The third-order valence-electron chi connectivity index (χ3n) is 0. The Balaban J connectivity index is -0.0000000161. The van der Waals surface area contributed by atoms with Crippen molar-refractivity contribution in [2.45, 2.75) is 0 Å². The van der Waals surface area contributed by atoms with Crippen molar-refractivity contribution in [1.82, 2.24) is 36.9 Å². The molecule has 37 heteroatoms. The van der Waals surface area contributed by atoms with E-state index in [-0.39, 0.29) is 36.9 Å². The third-order valence-corrected chi connectivity index (χ3v) is 0. The fraction of sp³-hybridized carbons (Fsp3) is 0. The van der Waals surface area contributed by atoms with Crippen LogP contribution in [0.1, 0.15) is 0 Å². The molecule has 0 heterocycles. The molecule has 0 aliphatic carbocycles. The van der Waals surface area contributed by atoms with Crippen LogP contribution in [0.4, 0.5) is 0 Å². The SMILES string of the molecule is N.N.N.N.N.N.[O]=[Mo](=[O])([OH])[OH].[O]=[Mo](=[O])([OH])[OH].[O]=[Mo](=[O])([OH])[OH].[O]=[Mo](=[O])=[O].[O]=[Mo](=[O])=[O].[O]=[Mo](=[O])=[O].[O]=[Mo](=[O])=[O]. The van der Waals surface area contributed by atoms with Crippen LogP contribution in [-0.2, 0) is 180 Å². The van der Waals surface area contributed by atoms with Crippen LogP contribution in [0.5, 0.6) is 0 Å². The molecule has 0 unspecified atom stereocenters.